The van der Waals surface area contributed by atoms with E-state index < -0.39 is 0 Å². The topological polar surface area (TPSA) is 40.3 Å². The zero-order valence-corrected chi connectivity index (χ0v) is 30.9. The van der Waals surface area contributed by atoms with Crippen molar-refractivity contribution in [3.63, 3.8) is 0 Å². The fourth-order valence-corrected chi connectivity index (χ4v) is 9.62. The molecule has 5 heterocycles. The fourth-order valence-electron chi connectivity index (χ4n) is 9.62. The number of imidazole rings is 1. The SMILES string of the molecule is Cc1cccc2nc3c4ccccc4c4oc5ccc(-c6ccc(-n7c8ccccc8c8cc(-n9c%10ccccc%10c%10ccccc%109)ccc87)cc6)cc5c4n3c12. The van der Waals surface area contributed by atoms with Gasteiger partial charge in [-0.3, -0.25) is 4.40 Å². The zero-order chi connectivity index (χ0) is 37.4. The minimum absolute atomic E-state index is 0.865. The highest BCUT2D eigenvalue weighted by atomic mass is 16.3. The van der Waals surface area contributed by atoms with Gasteiger partial charge in [0.25, 0.3) is 0 Å². The lowest BCUT2D eigenvalue weighted by Crippen LogP contribution is -1.96. The highest BCUT2D eigenvalue weighted by molar-refractivity contribution is 6.19. The fraction of sp³-hybridized carbons (Fsp3) is 0.0192. The summed E-state index contributed by atoms with van der Waals surface area (Å²) in [5.74, 6) is 0. The van der Waals surface area contributed by atoms with Crippen LogP contribution in [0.1, 0.15) is 5.56 Å². The molecule has 0 saturated heterocycles. The van der Waals surface area contributed by atoms with Crippen LogP contribution in [0.2, 0.25) is 0 Å². The highest BCUT2D eigenvalue weighted by Crippen LogP contribution is 2.41. The Bertz CT molecular complexity index is 3770. The van der Waals surface area contributed by atoms with E-state index in [0.29, 0.717) is 0 Å². The van der Waals surface area contributed by atoms with Gasteiger partial charge in [0.05, 0.1) is 33.1 Å². The third-order valence-corrected chi connectivity index (χ3v) is 12.1. The number of hydrogen-bond acceptors (Lipinski definition) is 2. The summed E-state index contributed by atoms with van der Waals surface area (Å²) in [5, 5.41) is 8.23. The predicted octanol–water partition coefficient (Wildman–Crippen LogP) is 13.7. The third-order valence-electron chi connectivity index (χ3n) is 12.1. The predicted molar refractivity (Wildman–Crippen MR) is 236 cm³/mol. The number of para-hydroxylation sites is 4. The van der Waals surface area contributed by atoms with Gasteiger partial charge in [-0.05, 0) is 90.3 Å². The van der Waals surface area contributed by atoms with Crippen LogP contribution in [0, 0.1) is 6.92 Å². The first-order valence-corrected chi connectivity index (χ1v) is 19.5. The number of nitrogens with zero attached hydrogens (tertiary/aromatic N) is 4. The molecule has 0 unspecified atom stereocenters. The van der Waals surface area contributed by atoms with Crippen molar-refractivity contribution in [3.05, 3.63) is 181 Å². The molecule has 13 aromatic rings. The van der Waals surface area contributed by atoms with E-state index in [4.69, 9.17) is 9.40 Å². The summed E-state index contributed by atoms with van der Waals surface area (Å²) in [4.78, 5) is 5.16. The molecule has 0 aliphatic rings. The van der Waals surface area contributed by atoms with Gasteiger partial charge in [0.1, 0.15) is 16.7 Å². The van der Waals surface area contributed by atoms with Crippen molar-refractivity contribution >= 4 is 93.1 Å². The second kappa shape index (κ2) is 11.2. The number of benzene rings is 8. The van der Waals surface area contributed by atoms with E-state index in [0.717, 1.165) is 72.0 Å². The lowest BCUT2D eigenvalue weighted by Gasteiger charge is -2.11. The van der Waals surface area contributed by atoms with Crippen LogP contribution < -0.4 is 0 Å². The van der Waals surface area contributed by atoms with Crippen LogP contribution in [0.4, 0.5) is 0 Å². The van der Waals surface area contributed by atoms with Gasteiger partial charge in [0.2, 0.25) is 0 Å². The molecule has 0 atom stereocenters. The molecule has 13 rings (SSSR count). The van der Waals surface area contributed by atoms with Crippen LogP contribution in [0.5, 0.6) is 0 Å². The summed E-state index contributed by atoms with van der Waals surface area (Å²) in [6.07, 6.45) is 0. The van der Waals surface area contributed by atoms with E-state index >= 15 is 0 Å². The van der Waals surface area contributed by atoms with Crippen molar-refractivity contribution in [2.75, 3.05) is 0 Å². The molecule has 0 fully saturated rings. The number of hydrogen-bond donors (Lipinski definition) is 0. The largest absolute Gasteiger partial charge is 0.454 e. The second-order valence-electron chi connectivity index (χ2n) is 15.2. The number of aryl methyl sites for hydroxylation is 1. The van der Waals surface area contributed by atoms with Gasteiger partial charge in [-0.25, -0.2) is 4.98 Å². The first-order chi connectivity index (χ1) is 28.2. The van der Waals surface area contributed by atoms with Crippen LogP contribution in [-0.4, -0.2) is 18.5 Å². The van der Waals surface area contributed by atoms with Crippen LogP contribution in [0.15, 0.2) is 180 Å². The molecule has 0 amide bonds. The number of pyridine rings is 1. The number of furan rings is 1. The lowest BCUT2D eigenvalue weighted by atomic mass is 10.0. The van der Waals surface area contributed by atoms with Crippen molar-refractivity contribution in [2.24, 2.45) is 0 Å². The van der Waals surface area contributed by atoms with Crippen molar-refractivity contribution < 1.29 is 4.42 Å². The lowest BCUT2D eigenvalue weighted by molar-refractivity contribution is 0.672. The first-order valence-electron chi connectivity index (χ1n) is 19.5. The molecule has 0 aliphatic heterocycles. The van der Waals surface area contributed by atoms with E-state index in [-0.39, 0.29) is 0 Å². The van der Waals surface area contributed by atoms with Crippen LogP contribution in [-0.2, 0) is 0 Å². The molecule has 57 heavy (non-hydrogen) atoms. The molecule has 0 aliphatic carbocycles. The van der Waals surface area contributed by atoms with Gasteiger partial charge >= 0.3 is 0 Å². The highest BCUT2D eigenvalue weighted by Gasteiger charge is 2.21. The van der Waals surface area contributed by atoms with E-state index in [1.54, 1.807) is 0 Å². The Morgan fingerprint density at radius 3 is 1.72 bits per heavy atom. The van der Waals surface area contributed by atoms with E-state index in [2.05, 4.69) is 196 Å². The van der Waals surface area contributed by atoms with Crippen molar-refractivity contribution in [3.8, 4) is 22.5 Å². The van der Waals surface area contributed by atoms with Gasteiger partial charge < -0.3 is 13.6 Å². The maximum Gasteiger partial charge on any atom is 0.160 e. The van der Waals surface area contributed by atoms with Crippen molar-refractivity contribution in [1.29, 1.82) is 0 Å². The molecule has 266 valence electrons. The standard InChI is InChI=1S/C52H32N4O/c1-31-11-10-17-43-49(31)56-50-42-29-33(23-28-48(42)57-51(50)39-15-2-3-16-40(39)52(56)53-43)32-21-24-34(25-22-32)54-46-20-9-6-14-38(46)41-30-35(26-27-47(41)54)55-44-18-7-4-12-36(44)37-13-5-8-19-45(37)55/h2-30H,1H3. The molecule has 5 heteroatoms. The number of rotatable bonds is 3. The Labute approximate surface area is 325 Å². The smallest absolute Gasteiger partial charge is 0.160 e. The summed E-state index contributed by atoms with van der Waals surface area (Å²) in [5.41, 5.74) is 16.4. The van der Waals surface area contributed by atoms with E-state index in [9.17, 15) is 0 Å². The van der Waals surface area contributed by atoms with Gasteiger partial charge in [0.15, 0.2) is 5.58 Å². The summed E-state index contributed by atoms with van der Waals surface area (Å²) in [7, 11) is 0. The summed E-state index contributed by atoms with van der Waals surface area (Å²) < 4.78 is 13.8. The van der Waals surface area contributed by atoms with Crippen LogP contribution in [0.25, 0.3) is 116 Å². The second-order valence-corrected chi connectivity index (χ2v) is 15.2. The van der Waals surface area contributed by atoms with E-state index in [1.165, 1.54) is 49.2 Å². The zero-order valence-electron chi connectivity index (χ0n) is 30.9. The molecule has 5 aromatic heterocycles. The normalized spacial score (nSPS) is 12.3. The Balaban J connectivity index is 0.971. The summed E-state index contributed by atoms with van der Waals surface area (Å²) in [6, 6.07) is 63.4. The van der Waals surface area contributed by atoms with Gasteiger partial charge in [-0.1, -0.05) is 109 Å². The molecule has 8 aromatic carbocycles. The molecular weight excluding hydrogens is 697 g/mol. The molecule has 0 radical (unpaired) electrons. The molecule has 5 nitrogen and oxygen atoms in total. The van der Waals surface area contributed by atoms with Gasteiger partial charge in [-0.2, -0.15) is 0 Å². The minimum atomic E-state index is 0.865. The quantitative estimate of drug-likeness (QED) is 0.182. The Morgan fingerprint density at radius 2 is 1.00 bits per heavy atom. The van der Waals surface area contributed by atoms with Crippen molar-refractivity contribution in [2.45, 2.75) is 6.92 Å². The molecule has 0 spiro atoms. The Kier molecular flexibility index (Phi) is 6.04. The van der Waals surface area contributed by atoms with Gasteiger partial charge in [0, 0.05) is 49.1 Å². The molecule has 0 bridgehead atoms. The Hall–Kier alpha value is -7.63. The van der Waals surface area contributed by atoms with E-state index in [1.807, 2.05) is 0 Å². The molecular formula is C52H32N4O. The molecule has 0 N–H and O–H groups in total. The average Bonchev–Trinajstić information content (AvgIpc) is 4.02. The number of fused-ring (bicyclic) bond motifs is 16. The maximum atomic E-state index is 6.69. The monoisotopic (exact) mass is 728 g/mol. The minimum Gasteiger partial charge on any atom is -0.454 e. The summed E-state index contributed by atoms with van der Waals surface area (Å²) in [6.45, 7) is 2.16. The third kappa shape index (κ3) is 4.15. The molecule has 0 saturated carbocycles. The van der Waals surface area contributed by atoms with Crippen LogP contribution >= 0.6 is 0 Å². The van der Waals surface area contributed by atoms with Crippen LogP contribution in [0.3, 0.4) is 0 Å². The number of aromatic nitrogens is 4. The van der Waals surface area contributed by atoms with Gasteiger partial charge in [-0.15, -0.1) is 0 Å². The Morgan fingerprint density at radius 1 is 0.421 bits per heavy atom. The average molecular weight is 729 g/mol. The maximum absolute atomic E-state index is 6.69. The first kappa shape index (κ1) is 30.7. The van der Waals surface area contributed by atoms with Crippen molar-refractivity contribution in [1.82, 2.24) is 18.5 Å². The summed E-state index contributed by atoms with van der Waals surface area (Å²) >= 11 is 0.